The van der Waals surface area contributed by atoms with Gasteiger partial charge in [-0.2, -0.15) is 0 Å². The van der Waals surface area contributed by atoms with E-state index in [0.29, 0.717) is 23.4 Å². The molecule has 1 rings (SSSR count). The van der Waals surface area contributed by atoms with Crippen molar-refractivity contribution in [3.63, 3.8) is 0 Å². The van der Waals surface area contributed by atoms with E-state index in [0.717, 1.165) is 0 Å². The van der Waals surface area contributed by atoms with Crippen LogP contribution in [0.2, 0.25) is 0 Å². The highest BCUT2D eigenvalue weighted by Gasteiger charge is 2.14. The van der Waals surface area contributed by atoms with Crippen LogP contribution in [0.4, 0.5) is 5.69 Å². The lowest BCUT2D eigenvalue weighted by Gasteiger charge is -2.12. The number of rotatable bonds is 6. The van der Waals surface area contributed by atoms with Gasteiger partial charge in [-0.3, -0.25) is 0 Å². The second-order valence-electron chi connectivity index (χ2n) is 3.18. The molecule has 100 valence electrons. The predicted octanol–water partition coefficient (Wildman–Crippen LogP) is 1.77. The van der Waals surface area contributed by atoms with Crippen LogP contribution >= 0.6 is 15.9 Å². The molecule has 0 saturated carbocycles. The van der Waals surface area contributed by atoms with Gasteiger partial charge < -0.3 is 19.9 Å². The predicted molar refractivity (Wildman–Crippen MR) is 69.6 cm³/mol. The van der Waals surface area contributed by atoms with E-state index in [1.54, 1.807) is 6.92 Å². The van der Waals surface area contributed by atoms with E-state index in [-0.39, 0.29) is 18.2 Å². The van der Waals surface area contributed by atoms with Gasteiger partial charge in [0, 0.05) is 6.20 Å². The zero-order valence-electron chi connectivity index (χ0n) is 10.2. The highest BCUT2D eigenvalue weighted by atomic mass is 79.9. The first-order valence-corrected chi connectivity index (χ1v) is 6.24. The zero-order chi connectivity index (χ0) is 13.5. The van der Waals surface area contributed by atoms with Crippen molar-refractivity contribution in [3.05, 3.63) is 10.7 Å². The van der Waals surface area contributed by atoms with Crippen molar-refractivity contribution in [1.29, 1.82) is 0 Å². The van der Waals surface area contributed by atoms with E-state index in [1.165, 1.54) is 6.20 Å². The number of esters is 1. The number of carbonyl (C=O) groups is 1. The SMILES string of the molecule is CCOC(=O)COc1ncc(Br)c(OCC)c1N. The molecule has 0 amide bonds. The second-order valence-corrected chi connectivity index (χ2v) is 4.04. The maximum Gasteiger partial charge on any atom is 0.344 e. The van der Waals surface area contributed by atoms with Gasteiger partial charge in [-0.05, 0) is 29.8 Å². The average molecular weight is 319 g/mol. The molecule has 0 fully saturated rings. The molecule has 1 heterocycles. The summed E-state index contributed by atoms with van der Waals surface area (Å²) in [7, 11) is 0. The van der Waals surface area contributed by atoms with Crippen molar-refractivity contribution >= 4 is 27.6 Å². The summed E-state index contributed by atoms with van der Waals surface area (Å²) < 4.78 is 15.9. The number of pyridine rings is 1. The molecular formula is C11H15BrN2O4. The topological polar surface area (TPSA) is 83.7 Å². The molecule has 1 aromatic heterocycles. The highest BCUT2D eigenvalue weighted by molar-refractivity contribution is 9.10. The Hall–Kier alpha value is -1.50. The molecule has 0 aromatic carbocycles. The maximum atomic E-state index is 11.1. The minimum absolute atomic E-state index is 0.148. The Labute approximate surface area is 114 Å². The third-order valence-electron chi connectivity index (χ3n) is 1.91. The average Bonchev–Trinajstić information content (AvgIpc) is 2.34. The number of halogens is 1. The molecule has 0 aliphatic heterocycles. The summed E-state index contributed by atoms with van der Waals surface area (Å²) in [6.45, 7) is 4.08. The van der Waals surface area contributed by atoms with Crippen molar-refractivity contribution in [3.8, 4) is 11.6 Å². The van der Waals surface area contributed by atoms with E-state index in [2.05, 4.69) is 20.9 Å². The number of aromatic nitrogens is 1. The summed E-state index contributed by atoms with van der Waals surface area (Å²) in [5.74, 6) is 0.126. The van der Waals surface area contributed by atoms with Gasteiger partial charge in [0.15, 0.2) is 12.4 Å². The van der Waals surface area contributed by atoms with Crippen molar-refractivity contribution < 1.29 is 19.0 Å². The summed E-state index contributed by atoms with van der Waals surface area (Å²) in [5.41, 5.74) is 6.08. The fraction of sp³-hybridized carbons (Fsp3) is 0.455. The molecular weight excluding hydrogens is 304 g/mol. The van der Waals surface area contributed by atoms with Crippen LogP contribution in [0.15, 0.2) is 10.7 Å². The Morgan fingerprint density at radius 3 is 2.72 bits per heavy atom. The molecule has 0 unspecified atom stereocenters. The monoisotopic (exact) mass is 318 g/mol. The van der Waals surface area contributed by atoms with Crippen molar-refractivity contribution in [2.75, 3.05) is 25.6 Å². The summed E-state index contributed by atoms with van der Waals surface area (Å²) in [4.78, 5) is 15.1. The Morgan fingerprint density at radius 1 is 1.39 bits per heavy atom. The Balaban J connectivity index is 2.77. The lowest BCUT2D eigenvalue weighted by molar-refractivity contribution is -0.145. The van der Waals surface area contributed by atoms with Crippen molar-refractivity contribution in [2.24, 2.45) is 0 Å². The lowest BCUT2D eigenvalue weighted by atomic mass is 10.4. The fourth-order valence-corrected chi connectivity index (χ4v) is 1.64. The molecule has 0 spiro atoms. The molecule has 6 nitrogen and oxygen atoms in total. The summed E-state index contributed by atoms with van der Waals surface area (Å²) >= 11 is 3.27. The standard InChI is InChI=1S/C11H15BrN2O4/c1-3-16-8(15)6-18-11-9(13)10(17-4-2)7(12)5-14-11/h5H,3-4,6,13H2,1-2H3. The third-order valence-corrected chi connectivity index (χ3v) is 2.47. The molecule has 0 aliphatic rings. The minimum atomic E-state index is -0.473. The zero-order valence-corrected chi connectivity index (χ0v) is 11.8. The van der Waals surface area contributed by atoms with Gasteiger partial charge in [-0.15, -0.1) is 0 Å². The van der Waals surface area contributed by atoms with Gasteiger partial charge in [0.25, 0.3) is 0 Å². The van der Waals surface area contributed by atoms with Crippen LogP contribution in [0.3, 0.4) is 0 Å². The molecule has 1 aromatic rings. The van der Waals surface area contributed by atoms with Gasteiger partial charge >= 0.3 is 5.97 Å². The van der Waals surface area contributed by atoms with E-state index in [1.807, 2.05) is 6.92 Å². The third kappa shape index (κ3) is 3.76. The molecule has 7 heteroatoms. The van der Waals surface area contributed by atoms with Crippen LogP contribution in [-0.2, 0) is 9.53 Å². The quantitative estimate of drug-likeness (QED) is 0.805. The largest absolute Gasteiger partial charge is 0.490 e. The maximum absolute atomic E-state index is 11.1. The van der Waals surface area contributed by atoms with Crippen LogP contribution in [0.1, 0.15) is 13.8 Å². The van der Waals surface area contributed by atoms with Gasteiger partial charge in [-0.1, -0.05) is 0 Å². The van der Waals surface area contributed by atoms with Gasteiger partial charge in [-0.25, -0.2) is 9.78 Å². The van der Waals surface area contributed by atoms with Crippen LogP contribution in [0.25, 0.3) is 0 Å². The molecule has 0 saturated heterocycles. The minimum Gasteiger partial charge on any atom is -0.490 e. The van der Waals surface area contributed by atoms with Crippen LogP contribution in [0.5, 0.6) is 11.6 Å². The van der Waals surface area contributed by atoms with E-state index >= 15 is 0 Å². The van der Waals surface area contributed by atoms with Gasteiger partial charge in [0.2, 0.25) is 5.88 Å². The number of nitrogen functional groups attached to an aromatic ring is 1. The summed E-state index contributed by atoms with van der Waals surface area (Å²) in [5, 5.41) is 0. The number of nitrogens with two attached hydrogens (primary N) is 1. The first-order chi connectivity index (χ1) is 8.60. The first kappa shape index (κ1) is 14.6. The Kier molecular flexibility index (Phi) is 5.70. The Bertz CT molecular complexity index is 426. The smallest absolute Gasteiger partial charge is 0.344 e. The Morgan fingerprint density at radius 2 is 2.11 bits per heavy atom. The van der Waals surface area contributed by atoms with Crippen LogP contribution in [0, 0.1) is 0 Å². The number of carbonyl (C=O) groups excluding carboxylic acids is 1. The molecule has 0 bridgehead atoms. The van der Waals surface area contributed by atoms with E-state index < -0.39 is 5.97 Å². The van der Waals surface area contributed by atoms with E-state index in [9.17, 15) is 4.79 Å². The lowest BCUT2D eigenvalue weighted by Crippen LogP contribution is -2.16. The van der Waals surface area contributed by atoms with Crippen molar-refractivity contribution in [1.82, 2.24) is 4.98 Å². The molecule has 0 atom stereocenters. The fourth-order valence-electron chi connectivity index (χ4n) is 1.21. The summed E-state index contributed by atoms with van der Waals surface area (Å²) in [6.07, 6.45) is 1.50. The number of anilines is 1. The number of nitrogens with zero attached hydrogens (tertiary/aromatic N) is 1. The molecule has 18 heavy (non-hydrogen) atoms. The van der Waals surface area contributed by atoms with Crippen LogP contribution < -0.4 is 15.2 Å². The summed E-state index contributed by atoms with van der Waals surface area (Å²) in [6, 6.07) is 0. The van der Waals surface area contributed by atoms with Gasteiger partial charge in [0.05, 0.1) is 17.7 Å². The molecule has 2 N–H and O–H groups in total. The highest BCUT2D eigenvalue weighted by Crippen LogP contribution is 2.36. The van der Waals surface area contributed by atoms with Gasteiger partial charge in [0.1, 0.15) is 5.69 Å². The molecule has 0 aliphatic carbocycles. The normalized spacial score (nSPS) is 9.94. The molecule has 0 radical (unpaired) electrons. The number of hydrogen-bond donors (Lipinski definition) is 1. The number of hydrogen-bond acceptors (Lipinski definition) is 6. The van der Waals surface area contributed by atoms with Crippen molar-refractivity contribution in [2.45, 2.75) is 13.8 Å². The first-order valence-electron chi connectivity index (χ1n) is 5.45. The van der Waals surface area contributed by atoms with E-state index in [4.69, 9.17) is 19.9 Å². The van der Waals surface area contributed by atoms with Crippen LogP contribution in [-0.4, -0.2) is 30.8 Å². The second kappa shape index (κ2) is 7.05. The number of ether oxygens (including phenoxy) is 3.